The second kappa shape index (κ2) is 5.76. The van der Waals surface area contributed by atoms with Crippen molar-refractivity contribution in [2.24, 2.45) is 5.92 Å². The number of nitriles is 1. The van der Waals surface area contributed by atoms with Crippen LogP contribution >= 0.6 is 0 Å². The van der Waals surface area contributed by atoms with E-state index in [1.165, 1.54) is 19.3 Å². The minimum atomic E-state index is 0.179. The molecule has 1 aromatic rings. The Bertz CT molecular complexity index is 534. The van der Waals surface area contributed by atoms with Crippen LogP contribution in [0.1, 0.15) is 43.2 Å². The van der Waals surface area contributed by atoms with Crippen molar-refractivity contribution in [1.82, 2.24) is 5.32 Å². The molecule has 2 aliphatic heterocycles. The van der Waals surface area contributed by atoms with E-state index in [0.29, 0.717) is 29.9 Å². The quantitative estimate of drug-likeness (QED) is 0.916. The summed E-state index contributed by atoms with van der Waals surface area (Å²) in [6, 6.07) is 10.7. The van der Waals surface area contributed by atoms with Crippen LogP contribution in [0.4, 0.5) is 0 Å². The molecule has 0 saturated carbocycles. The van der Waals surface area contributed by atoms with E-state index in [-0.39, 0.29) is 5.92 Å². The summed E-state index contributed by atoms with van der Waals surface area (Å²) in [7, 11) is 0. The molecule has 1 N–H and O–H groups in total. The third-order valence-electron chi connectivity index (χ3n) is 4.67. The van der Waals surface area contributed by atoms with E-state index in [0.717, 1.165) is 18.4 Å². The lowest BCUT2D eigenvalue weighted by Crippen LogP contribution is -2.50. The fourth-order valence-corrected chi connectivity index (χ4v) is 3.64. The SMILES string of the molecule is N#Cc1ccccc1CC(=O)C1CC2CCCC(C1)N2. The van der Waals surface area contributed by atoms with Crippen molar-refractivity contribution >= 4 is 5.78 Å². The van der Waals surface area contributed by atoms with Crippen molar-refractivity contribution in [3.63, 3.8) is 0 Å². The maximum absolute atomic E-state index is 12.5. The molecule has 2 atom stereocenters. The largest absolute Gasteiger partial charge is 0.311 e. The van der Waals surface area contributed by atoms with E-state index >= 15 is 0 Å². The molecule has 0 amide bonds. The lowest BCUT2D eigenvalue weighted by atomic mass is 9.77. The van der Waals surface area contributed by atoms with Gasteiger partial charge in [-0.25, -0.2) is 0 Å². The molecule has 2 heterocycles. The summed E-state index contributed by atoms with van der Waals surface area (Å²) >= 11 is 0. The Morgan fingerprint density at radius 2 is 1.95 bits per heavy atom. The average molecular weight is 268 g/mol. The van der Waals surface area contributed by atoms with Crippen LogP contribution in [0.2, 0.25) is 0 Å². The van der Waals surface area contributed by atoms with E-state index in [2.05, 4.69) is 11.4 Å². The van der Waals surface area contributed by atoms with Gasteiger partial charge in [-0.1, -0.05) is 24.6 Å². The number of piperidine rings is 2. The Hall–Kier alpha value is -1.66. The second-order valence-corrected chi connectivity index (χ2v) is 6.07. The van der Waals surface area contributed by atoms with Crippen molar-refractivity contribution in [3.05, 3.63) is 35.4 Å². The summed E-state index contributed by atoms with van der Waals surface area (Å²) in [5.41, 5.74) is 1.51. The molecular weight excluding hydrogens is 248 g/mol. The van der Waals surface area contributed by atoms with Gasteiger partial charge in [0.15, 0.2) is 0 Å². The number of fused-ring (bicyclic) bond motifs is 2. The smallest absolute Gasteiger partial charge is 0.140 e. The van der Waals surface area contributed by atoms with Crippen molar-refractivity contribution in [2.45, 2.75) is 50.6 Å². The van der Waals surface area contributed by atoms with Gasteiger partial charge in [0.1, 0.15) is 5.78 Å². The number of nitrogens with one attached hydrogen (secondary N) is 1. The molecular formula is C17H20N2O. The Kier molecular flexibility index (Phi) is 3.84. The first-order chi connectivity index (χ1) is 9.76. The molecule has 2 fully saturated rings. The third kappa shape index (κ3) is 2.76. The number of carbonyl (C=O) groups excluding carboxylic acids is 1. The summed E-state index contributed by atoms with van der Waals surface area (Å²) in [4.78, 5) is 12.5. The lowest BCUT2D eigenvalue weighted by molar-refractivity contribution is -0.124. The summed E-state index contributed by atoms with van der Waals surface area (Å²) in [6.07, 6.45) is 6.06. The van der Waals surface area contributed by atoms with Crippen molar-refractivity contribution in [2.75, 3.05) is 0 Å². The average Bonchev–Trinajstić information content (AvgIpc) is 2.47. The molecule has 3 heteroatoms. The number of rotatable bonds is 3. The van der Waals surface area contributed by atoms with Crippen LogP contribution in [-0.2, 0) is 11.2 Å². The number of benzene rings is 1. The van der Waals surface area contributed by atoms with E-state index < -0.39 is 0 Å². The van der Waals surface area contributed by atoms with Gasteiger partial charge < -0.3 is 5.32 Å². The van der Waals surface area contributed by atoms with Gasteiger partial charge >= 0.3 is 0 Å². The predicted octanol–water partition coefficient (Wildman–Crippen LogP) is 2.59. The molecule has 104 valence electrons. The van der Waals surface area contributed by atoms with Gasteiger partial charge in [-0.3, -0.25) is 4.79 Å². The summed E-state index contributed by atoms with van der Waals surface area (Å²) in [5, 5.41) is 12.7. The molecule has 1 aromatic carbocycles. The Morgan fingerprint density at radius 3 is 2.65 bits per heavy atom. The zero-order valence-corrected chi connectivity index (χ0v) is 11.6. The topological polar surface area (TPSA) is 52.9 Å². The first-order valence-corrected chi connectivity index (χ1v) is 7.53. The lowest BCUT2D eigenvalue weighted by Gasteiger charge is -2.39. The molecule has 20 heavy (non-hydrogen) atoms. The fraction of sp³-hybridized carbons (Fsp3) is 0.529. The van der Waals surface area contributed by atoms with Crippen LogP contribution < -0.4 is 5.32 Å². The standard InChI is InChI=1S/C17H20N2O/c18-11-13-5-2-1-4-12(13)10-17(20)14-8-15-6-3-7-16(9-14)19-15/h1-2,4-5,14-16,19H,3,6-10H2. The molecule has 2 aliphatic rings. The normalized spacial score (nSPS) is 28.6. The molecule has 2 saturated heterocycles. The molecule has 0 aromatic heterocycles. The zero-order valence-electron chi connectivity index (χ0n) is 11.6. The van der Waals surface area contributed by atoms with Crippen LogP contribution in [0.15, 0.2) is 24.3 Å². The van der Waals surface area contributed by atoms with Gasteiger partial charge in [-0.2, -0.15) is 5.26 Å². The van der Waals surface area contributed by atoms with Crippen LogP contribution in [0, 0.1) is 17.2 Å². The van der Waals surface area contributed by atoms with E-state index in [9.17, 15) is 4.79 Å². The van der Waals surface area contributed by atoms with Gasteiger partial charge in [0.25, 0.3) is 0 Å². The molecule has 0 radical (unpaired) electrons. The van der Waals surface area contributed by atoms with E-state index in [1.807, 2.05) is 18.2 Å². The molecule has 2 unspecified atom stereocenters. The van der Waals surface area contributed by atoms with Gasteiger partial charge in [-0.15, -0.1) is 0 Å². The molecule has 3 nitrogen and oxygen atoms in total. The maximum atomic E-state index is 12.5. The Labute approximate surface area is 120 Å². The minimum absolute atomic E-state index is 0.179. The van der Waals surface area contributed by atoms with E-state index in [4.69, 9.17) is 5.26 Å². The maximum Gasteiger partial charge on any atom is 0.140 e. The summed E-state index contributed by atoms with van der Waals surface area (Å²) < 4.78 is 0. The number of hydrogen-bond donors (Lipinski definition) is 1. The number of ketones is 1. The molecule has 2 bridgehead atoms. The predicted molar refractivity (Wildman–Crippen MR) is 77.2 cm³/mol. The van der Waals surface area contributed by atoms with Crippen molar-refractivity contribution in [3.8, 4) is 6.07 Å². The highest BCUT2D eigenvalue weighted by Crippen LogP contribution is 2.31. The highest BCUT2D eigenvalue weighted by Gasteiger charge is 2.34. The third-order valence-corrected chi connectivity index (χ3v) is 4.67. The molecule has 0 aliphatic carbocycles. The molecule has 3 rings (SSSR count). The minimum Gasteiger partial charge on any atom is -0.311 e. The zero-order chi connectivity index (χ0) is 13.9. The summed E-state index contributed by atoms with van der Waals surface area (Å²) in [6.45, 7) is 0. The van der Waals surface area contributed by atoms with Crippen LogP contribution in [0.3, 0.4) is 0 Å². The van der Waals surface area contributed by atoms with Crippen LogP contribution in [0.5, 0.6) is 0 Å². The Morgan fingerprint density at radius 1 is 1.25 bits per heavy atom. The number of nitrogens with zero attached hydrogens (tertiary/aromatic N) is 1. The van der Waals surface area contributed by atoms with Gasteiger partial charge in [0.05, 0.1) is 11.6 Å². The number of carbonyl (C=O) groups is 1. The highest BCUT2D eigenvalue weighted by molar-refractivity contribution is 5.84. The first-order valence-electron chi connectivity index (χ1n) is 7.53. The van der Waals surface area contributed by atoms with Crippen molar-refractivity contribution < 1.29 is 4.79 Å². The van der Waals surface area contributed by atoms with Gasteiger partial charge in [-0.05, 0) is 37.3 Å². The van der Waals surface area contributed by atoms with Gasteiger partial charge in [0, 0.05) is 24.4 Å². The van der Waals surface area contributed by atoms with Crippen LogP contribution in [0.25, 0.3) is 0 Å². The fourth-order valence-electron chi connectivity index (χ4n) is 3.64. The Balaban J connectivity index is 1.69. The first kappa shape index (κ1) is 13.3. The molecule has 0 spiro atoms. The van der Waals surface area contributed by atoms with Crippen molar-refractivity contribution in [1.29, 1.82) is 5.26 Å². The summed E-state index contributed by atoms with van der Waals surface area (Å²) in [5.74, 6) is 0.490. The van der Waals surface area contributed by atoms with Gasteiger partial charge in [0.2, 0.25) is 0 Å². The van der Waals surface area contributed by atoms with E-state index in [1.54, 1.807) is 6.07 Å². The second-order valence-electron chi connectivity index (χ2n) is 6.07. The number of Topliss-reactive ketones (excluding diaryl/α,β-unsaturated/α-hetero) is 1. The highest BCUT2D eigenvalue weighted by atomic mass is 16.1. The van der Waals surface area contributed by atoms with Crippen LogP contribution in [-0.4, -0.2) is 17.9 Å². The number of hydrogen-bond acceptors (Lipinski definition) is 3. The monoisotopic (exact) mass is 268 g/mol.